The fourth-order valence-corrected chi connectivity index (χ4v) is 2.99. The van der Waals surface area contributed by atoms with Crippen molar-refractivity contribution in [3.05, 3.63) is 63.6 Å². The molecule has 128 valence electrons. The van der Waals surface area contributed by atoms with Crippen molar-refractivity contribution < 1.29 is 4.79 Å². The van der Waals surface area contributed by atoms with Gasteiger partial charge in [0.25, 0.3) is 0 Å². The quantitative estimate of drug-likeness (QED) is 0.758. The Labute approximate surface area is 153 Å². The zero-order valence-corrected chi connectivity index (χ0v) is 16.4. The van der Waals surface area contributed by atoms with Gasteiger partial charge in [0, 0.05) is 16.7 Å². The lowest BCUT2D eigenvalue weighted by atomic mass is 9.98. The van der Waals surface area contributed by atoms with Crippen LogP contribution in [-0.2, 0) is 11.3 Å². The molecule has 1 N–H and O–H groups in total. The van der Waals surface area contributed by atoms with Gasteiger partial charge in [0.2, 0.25) is 5.91 Å². The van der Waals surface area contributed by atoms with E-state index in [9.17, 15) is 4.79 Å². The van der Waals surface area contributed by atoms with Gasteiger partial charge in [-0.3, -0.25) is 9.69 Å². The van der Waals surface area contributed by atoms with Crippen molar-refractivity contribution in [2.24, 2.45) is 0 Å². The molecule has 3 nitrogen and oxygen atoms in total. The highest BCUT2D eigenvalue weighted by Gasteiger charge is 2.13. The Bertz CT molecular complexity index is 695. The average molecular weight is 389 g/mol. The van der Waals surface area contributed by atoms with Gasteiger partial charge >= 0.3 is 0 Å². The second kappa shape index (κ2) is 8.45. The van der Waals surface area contributed by atoms with E-state index in [0.29, 0.717) is 12.5 Å². The van der Waals surface area contributed by atoms with Crippen molar-refractivity contribution in [1.82, 2.24) is 4.90 Å². The Morgan fingerprint density at radius 1 is 1.17 bits per heavy atom. The highest BCUT2D eigenvalue weighted by molar-refractivity contribution is 9.10. The number of carbonyl (C=O) groups excluding carboxylic acids is 1. The number of nitrogens with zero attached hydrogens (tertiary/aromatic N) is 1. The molecule has 0 saturated carbocycles. The number of carbonyl (C=O) groups is 1. The van der Waals surface area contributed by atoms with Crippen molar-refractivity contribution >= 4 is 27.5 Å². The molecule has 2 aromatic carbocycles. The zero-order chi connectivity index (χ0) is 17.7. The number of nitrogens with one attached hydrogen (secondary N) is 1. The molecule has 0 aromatic heterocycles. The minimum atomic E-state index is 0.0193. The molecule has 0 aliphatic heterocycles. The fraction of sp³-hybridized carbons (Fsp3) is 0.350. The summed E-state index contributed by atoms with van der Waals surface area (Å²) in [6, 6.07) is 14.3. The van der Waals surface area contributed by atoms with Crippen LogP contribution in [0.25, 0.3) is 0 Å². The first-order valence-electron chi connectivity index (χ1n) is 8.19. The van der Waals surface area contributed by atoms with Crippen LogP contribution in [0.2, 0.25) is 0 Å². The highest BCUT2D eigenvalue weighted by Crippen LogP contribution is 2.27. The number of anilines is 1. The van der Waals surface area contributed by atoms with E-state index >= 15 is 0 Å². The fourth-order valence-electron chi connectivity index (χ4n) is 2.72. The summed E-state index contributed by atoms with van der Waals surface area (Å²) in [7, 11) is 1.96. The molecule has 0 heterocycles. The second-order valence-corrected chi connectivity index (χ2v) is 7.46. The lowest BCUT2D eigenvalue weighted by Gasteiger charge is -2.19. The molecule has 0 spiro atoms. The first-order chi connectivity index (χ1) is 11.4. The molecule has 2 aromatic rings. The lowest BCUT2D eigenvalue weighted by Crippen LogP contribution is -2.30. The van der Waals surface area contributed by atoms with E-state index in [1.54, 1.807) is 0 Å². The molecule has 1 amide bonds. The first-order valence-corrected chi connectivity index (χ1v) is 8.98. The Morgan fingerprint density at radius 3 is 2.46 bits per heavy atom. The van der Waals surface area contributed by atoms with Gasteiger partial charge in [-0.05, 0) is 48.7 Å². The van der Waals surface area contributed by atoms with E-state index in [-0.39, 0.29) is 5.91 Å². The molecule has 24 heavy (non-hydrogen) atoms. The van der Waals surface area contributed by atoms with Crippen molar-refractivity contribution in [2.45, 2.75) is 33.2 Å². The summed E-state index contributed by atoms with van der Waals surface area (Å²) >= 11 is 3.44. The topological polar surface area (TPSA) is 32.3 Å². The van der Waals surface area contributed by atoms with Crippen LogP contribution in [0.5, 0.6) is 0 Å². The number of hydrogen-bond donors (Lipinski definition) is 1. The molecule has 0 unspecified atom stereocenters. The van der Waals surface area contributed by atoms with Crippen LogP contribution in [-0.4, -0.2) is 24.4 Å². The predicted molar refractivity (Wildman–Crippen MR) is 104 cm³/mol. The van der Waals surface area contributed by atoms with Crippen LogP contribution in [0.15, 0.2) is 46.9 Å². The zero-order valence-electron chi connectivity index (χ0n) is 14.8. The van der Waals surface area contributed by atoms with Crippen LogP contribution in [0.4, 0.5) is 5.69 Å². The minimum Gasteiger partial charge on any atom is -0.324 e. The number of benzene rings is 2. The summed E-state index contributed by atoms with van der Waals surface area (Å²) in [6.07, 6.45) is 0. The van der Waals surface area contributed by atoms with Crippen LogP contribution in [0, 0.1) is 6.92 Å². The summed E-state index contributed by atoms with van der Waals surface area (Å²) in [5.41, 5.74) is 4.42. The molecule has 0 aliphatic carbocycles. The molecule has 2 rings (SSSR count). The smallest absolute Gasteiger partial charge is 0.238 e. The van der Waals surface area contributed by atoms with E-state index in [2.05, 4.69) is 53.3 Å². The third kappa shape index (κ3) is 5.18. The number of rotatable bonds is 6. The van der Waals surface area contributed by atoms with Crippen molar-refractivity contribution in [3.8, 4) is 0 Å². The van der Waals surface area contributed by atoms with Gasteiger partial charge in [0.05, 0.1) is 6.54 Å². The van der Waals surface area contributed by atoms with E-state index in [4.69, 9.17) is 0 Å². The minimum absolute atomic E-state index is 0.0193. The maximum Gasteiger partial charge on any atom is 0.238 e. The Morgan fingerprint density at radius 2 is 1.83 bits per heavy atom. The first kappa shape index (κ1) is 18.7. The highest BCUT2D eigenvalue weighted by atomic mass is 79.9. The van der Waals surface area contributed by atoms with Crippen LogP contribution in [0.1, 0.15) is 36.5 Å². The molecule has 0 radical (unpaired) electrons. The van der Waals surface area contributed by atoms with Gasteiger partial charge in [-0.25, -0.2) is 0 Å². The maximum atomic E-state index is 12.4. The van der Waals surface area contributed by atoms with Gasteiger partial charge < -0.3 is 5.32 Å². The number of halogens is 1. The Hall–Kier alpha value is -1.65. The Balaban J connectivity index is 1.99. The van der Waals surface area contributed by atoms with Crippen molar-refractivity contribution in [2.75, 3.05) is 18.9 Å². The van der Waals surface area contributed by atoms with Crippen LogP contribution >= 0.6 is 15.9 Å². The molecular weight excluding hydrogens is 364 g/mol. The normalized spacial score (nSPS) is 11.1. The largest absolute Gasteiger partial charge is 0.324 e. The standard InChI is InChI=1S/C20H25BrN2O/c1-14(2)18-7-5-6-15(3)20(18)22-19(24)13-23(4)12-16-8-10-17(21)11-9-16/h5-11,14H,12-13H2,1-4H3,(H,22,24). The number of aryl methyl sites for hydroxylation is 1. The summed E-state index contributed by atoms with van der Waals surface area (Å²) in [6.45, 7) is 7.43. The molecule has 0 bridgehead atoms. The molecule has 4 heteroatoms. The Kier molecular flexibility index (Phi) is 6.58. The van der Waals surface area contributed by atoms with Crippen molar-refractivity contribution in [3.63, 3.8) is 0 Å². The summed E-state index contributed by atoms with van der Waals surface area (Å²) in [5, 5.41) is 3.10. The monoisotopic (exact) mass is 388 g/mol. The summed E-state index contributed by atoms with van der Waals surface area (Å²) in [4.78, 5) is 14.5. The van der Waals surface area contributed by atoms with Gasteiger partial charge in [-0.15, -0.1) is 0 Å². The number of hydrogen-bond acceptors (Lipinski definition) is 2. The third-order valence-electron chi connectivity index (χ3n) is 3.97. The predicted octanol–water partition coefficient (Wildman–Crippen LogP) is 4.95. The molecule has 0 saturated heterocycles. The molecule has 0 atom stereocenters. The van der Waals surface area contributed by atoms with Crippen LogP contribution < -0.4 is 5.32 Å². The molecule has 0 aliphatic rings. The second-order valence-electron chi connectivity index (χ2n) is 6.54. The van der Waals surface area contributed by atoms with E-state index in [1.807, 2.05) is 43.1 Å². The van der Waals surface area contributed by atoms with Gasteiger partial charge in [0.15, 0.2) is 0 Å². The summed E-state index contributed by atoms with van der Waals surface area (Å²) < 4.78 is 1.06. The molecular formula is C20H25BrN2O. The average Bonchev–Trinajstić information content (AvgIpc) is 2.51. The van der Waals surface area contributed by atoms with Crippen LogP contribution in [0.3, 0.4) is 0 Å². The van der Waals surface area contributed by atoms with Gasteiger partial charge in [-0.2, -0.15) is 0 Å². The maximum absolute atomic E-state index is 12.4. The van der Waals surface area contributed by atoms with Gasteiger partial charge in [-0.1, -0.05) is 60.1 Å². The molecule has 0 fully saturated rings. The SMILES string of the molecule is Cc1cccc(C(C)C)c1NC(=O)CN(C)Cc1ccc(Br)cc1. The third-order valence-corrected chi connectivity index (χ3v) is 4.50. The van der Waals surface area contributed by atoms with E-state index < -0.39 is 0 Å². The number of para-hydroxylation sites is 1. The number of likely N-dealkylation sites (N-methyl/N-ethyl adjacent to an activating group) is 1. The lowest BCUT2D eigenvalue weighted by molar-refractivity contribution is -0.117. The summed E-state index contributed by atoms with van der Waals surface area (Å²) in [5.74, 6) is 0.395. The van der Waals surface area contributed by atoms with Crippen molar-refractivity contribution in [1.29, 1.82) is 0 Å². The van der Waals surface area contributed by atoms with E-state index in [0.717, 1.165) is 22.3 Å². The van der Waals surface area contributed by atoms with E-state index in [1.165, 1.54) is 11.1 Å². The van der Waals surface area contributed by atoms with Gasteiger partial charge in [0.1, 0.15) is 0 Å². The number of amides is 1.